The number of carbonyl (C=O) groups is 2. The summed E-state index contributed by atoms with van der Waals surface area (Å²) in [6, 6.07) is 13.6. The molecule has 2 aromatic rings. The van der Waals surface area contributed by atoms with Gasteiger partial charge in [0.15, 0.2) is 11.5 Å². The fourth-order valence-electron chi connectivity index (χ4n) is 5.51. The average molecular weight is 450 g/mol. The largest absolute Gasteiger partial charge is 0.460 e. The summed E-state index contributed by atoms with van der Waals surface area (Å²) in [5.74, 6) is 1.11. The van der Waals surface area contributed by atoms with E-state index in [1.807, 2.05) is 30.3 Å². The Morgan fingerprint density at radius 3 is 2.69 bits per heavy atom. The standard InChI is InChI=1S/C25H23NO5S/c1-14(27)31-24-21(32-25(28)15-5-3-2-4-6-15)10-16-7-8-26-12-17-9-19-20(30-13-29-19)11-18(17)22(24)23(16)26/h2-6,9-11,21-24H,7-8,12-13H2,1H3/t21-,22-,23?,24+/m0/s1. The number of hydrogen-bond acceptors (Lipinski definition) is 7. The molecule has 3 aliphatic heterocycles. The summed E-state index contributed by atoms with van der Waals surface area (Å²) in [4.78, 5) is 27.7. The predicted molar refractivity (Wildman–Crippen MR) is 120 cm³/mol. The molecule has 2 aromatic carbocycles. The Morgan fingerprint density at radius 2 is 1.91 bits per heavy atom. The SMILES string of the molecule is CC(=O)O[C@@H]1[C@@H](SC(=O)c2ccccc2)C=C2CCN3Cc4cc5c(cc4[C@H]1C23)OCO5. The molecule has 3 heterocycles. The third kappa shape index (κ3) is 3.22. The van der Waals surface area contributed by atoms with Crippen LogP contribution in [-0.4, -0.2) is 46.7 Å². The monoisotopic (exact) mass is 449 g/mol. The Kier molecular flexibility index (Phi) is 4.77. The van der Waals surface area contributed by atoms with Gasteiger partial charge in [-0.3, -0.25) is 14.5 Å². The van der Waals surface area contributed by atoms with Crippen LogP contribution in [0.15, 0.2) is 54.1 Å². The molecule has 0 bridgehead atoms. The highest BCUT2D eigenvalue weighted by atomic mass is 32.2. The van der Waals surface area contributed by atoms with Crippen LogP contribution >= 0.6 is 11.8 Å². The number of nitrogens with zero attached hydrogens (tertiary/aromatic N) is 1. The number of ether oxygens (including phenoxy) is 3. The van der Waals surface area contributed by atoms with Gasteiger partial charge in [0.1, 0.15) is 6.10 Å². The third-order valence-electron chi connectivity index (χ3n) is 6.78. The lowest BCUT2D eigenvalue weighted by molar-refractivity contribution is -0.148. The van der Waals surface area contributed by atoms with Gasteiger partial charge in [0.2, 0.25) is 11.9 Å². The van der Waals surface area contributed by atoms with Crippen LogP contribution in [0.3, 0.4) is 0 Å². The van der Waals surface area contributed by atoms with Crippen molar-refractivity contribution in [3.8, 4) is 11.5 Å². The van der Waals surface area contributed by atoms with E-state index >= 15 is 0 Å². The fraction of sp³-hybridized carbons (Fsp3) is 0.360. The minimum Gasteiger partial charge on any atom is -0.460 e. The van der Waals surface area contributed by atoms with Crippen molar-refractivity contribution in [2.75, 3.05) is 13.3 Å². The molecule has 0 amide bonds. The third-order valence-corrected chi connectivity index (χ3v) is 7.91. The molecule has 7 heteroatoms. The summed E-state index contributed by atoms with van der Waals surface area (Å²) < 4.78 is 17.2. The van der Waals surface area contributed by atoms with E-state index in [1.165, 1.54) is 29.8 Å². The molecule has 1 fully saturated rings. The maximum Gasteiger partial charge on any atom is 0.302 e. The van der Waals surface area contributed by atoms with E-state index in [0.717, 1.165) is 36.6 Å². The molecule has 0 N–H and O–H groups in total. The first-order valence-corrected chi connectivity index (χ1v) is 11.8. The first kappa shape index (κ1) is 19.9. The van der Waals surface area contributed by atoms with Crippen molar-refractivity contribution in [2.24, 2.45) is 0 Å². The van der Waals surface area contributed by atoms with E-state index in [2.05, 4.69) is 23.1 Å². The van der Waals surface area contributed by atoms with Crippen molar-refractivity contribution in [1.29, 1.82) is 0 Å². The molecule has 0 saturated carbocycles. The molecule has 6 nitrogen and oxygen atoms in total. The van der Waals surface area contributed by atoms with E-state index in [4.69, 9.17) is 14.2 Å². The molecule has 4 aliphatic rings. The first-order valence-electron chi connectivity index (χ1n) is 10.9. The molecule has 1 saturated heterocycles. The zero-order valence-electron chi connectivity index (χ0n) is 17.7. The van der Waals surface area contributed by atoms with Crippen molar-refractivity contribution in [3.05, 3.63) is 70.8 Å². The molecule has 6 rings (SSSR count). The molecule has 4 atom stereocenters. The highest BCUT2D eigenvalue weighted by Gasteiger charge is 2.51. The Hall–Kier alpha value is -2.77. The van der Waals surface area contributed by atoms with Gasteiger partial charge in [-0.05, 0) is 29.7 Å². The minimum atomic E-state index is -0.445. The average Bonchev–Trinajstić information content (AvgIpc) is 3.41. The second kappa shape index (κ2) is 7.67. The topological polar surface area (TPSA) is 65.1 Å². The van der Waals surface area contributed by atoms with Crippen molar-refractivity contribution >= 4 is 22.8 Å². The molecule has 1 unspecified atom stereocenters. The molecule has 0 spiro atoms. The van der Waals surface area contributed by atoms with Crippen LogP contribution in [0.5, 0.6) is 11.5 Å². The number of benzene rings is 2. The molecular formula is C25H23NO5S. The van der Waals surface area contributed by atoms with Gasteiger partial charge in [-0.15, -0.1) is 0 Å². The molecule has 0 aromatic heterocycles. The van der Waals surface area contributed by atoms with Crippen molar-refractivity contribution in [2.45, 2.75) is 43.2 Å². The van der Waals surface area contributed by atoms with Gasteiger partial charge in [-0.25, -0.2) is 0 Å². The van der Waals surface area contributed by atoms with Gasteiger partial charge in [-0.1, -0.05) is 53.7 Å². The smallest absolute Gasteiger partial charge is 0.302 e. The normalized spacial score (nSPS) is 27.3. The molecule has 32 heavy (non-hydrogen) atoms. The summed E-state index contributed by atoms with van der Waals surface area (Å²) >= 11 is 1.25. The Labute approximate surface area is 190 Å². The molecular weight excluding hydrogens is 426 g/mol. The van der Waals surface area contributed by atoms with E-state index in [-0.39, 0.29) is 35.1 Å². The van der Waals surface area contributed by atoms with Crippen LogP contribution in [0, 0.1) is 0 Å². The Bertz CT molecular complexity index is 1130. The van der Waals surface area contributed by atoms with Crippen molar-refractivity contribution in [3.63, 3.8) is 0 Å². The molecule has 1 aliphatic carbocycles. The van der Waals surface area contributed by atoms with E-state index in [9.17, 15) is 9.59 Å². The van der Waals surface area contributed by atoms with Crippen LogP contribution < -0.4 is 9.47 Å². The first-order chi connectivity index (χ1) is 15.6. The number of carbonyl (C=O) groups excluding carboxylic acids is 2. The number of fused-ring (bicyclic) bond motifs is 3. The van der Waals surface area contributed by atoms with Gasteiger partial charge >= 0.3 is 5.97 Å². The van der Waals surface area contributed by atoms with Crippen LogP contribution in [0.2, 0.25) is 0 Å². The van der Waals surface area contributed by atoms with Gasteiger partial charge < -0.3 is 14.2 Å². The molecule has 0 radical (unpaired) electrons. The van der Waals surface area contributed by atoms with E-state index < -0.39 is 6.10 Å². The summed E-state index contributed by atoms with van der Waals surface area (Å²) in [7, 11) is 0. The number of esters is 1. The summed E-state index contributed by atoms with van der Waals surface area (Å²) in [6.45, 7) is 3.45. The second-order valence-electron chi connectivity index (χ2n) is 8.65. The Morgan fingerprint density at radius 1 is 1.12 bits per heavy atom. The van der Waals surface area contributed by atoms with E-state index in [1.54, 1.807) is 0 Å². The van der Waals surface area contributed by atoms with Crippen LogP contribution in [0.4, 0.5) is 0 Å². The molecule has 164 valence electrons. The van der Waals surface area contributed by atoms with Crippen LogP contribution in [0.25, 0.3) is 0 Å². The summed E-state index contributed by atoms with van der Waals surface area (Å²) in [6.07, 6.45) is 2.70. The quantitative estimate of drug-likeness (QED) is 0.520. The van der Waals surface area contributed by atoms with Gasteiger partial charge in [-0.2, -0.15) is 0 Å². The highest BCUT2D eigenvalue weighted by molar-refractivity contribution is 8.14. The predicted octanol–water partition coefficient (Wildman–Crippen LogP) is 3.90. The maximum atomic E-state index is 13.1. The van der Waals surface area contributed by atoms with Crippen LogP contribution in [-0.2, 0) is 16.1 Å². The lowest BCUT2D eigenvalue weighted by Gasteiger charge is -2.46. The maximum absolute atomic E-state index is 13.1. The lowest BCUT2D eigenvalue weighted by atomic mass is 9.73. The number of hydrogen-bond donors (Lipinski definition) is 0. The summed E-state index contributed by atoms with van der Waals surface area (Å²) in [5, 5.41) is -0.265. The van der Waals surface area contributed by atoms with Gasteiger partial charge in [0.05, 0.1) is 5.25 Å². The minimum absolute atomic E-state index is 0.0142. The number of rotatable bonds is 3. The van der Waals surface area contributed by atoms with Gasteiger partial charge in [0, 0.05) is 37.5 Å². The summed E-state index contributed by atoms with van der Waals surface area (Å²) in [5.41, 5.74) is 4.29. The van der Waals surface area contributed by atoms with Gasteiger partial charge in [0.25, 0.3) is 0 Å². The fourth-order valence-corrected chi connectivity index (χ4v) is 6.63. The second-order valence-corrected chi connectivity index (χ2v) is 9.80. The van der Waals surface area contributed by atoms with Crippen LogP contribution in [0.1, 0.15) is 40.7 Å². The highest BCUT2D eigenvalue weighted by Crippen LogP contribution is 2.52. The number of thioether (sulfide) groups is 1. The Balaban J connectivity index is 1.42. The van der Waals surface area contributed by atoms with E-state index in [0.29, 0.717) is 5.56 Å². The lowest BCUT2D eigenvalue weighted by Crippen LogP contribution is -2.50. The zero-order chi connectivity index (χ0) is 21.8. The van der Waals surface area contributed by atoms with Crippen molar-refractivity contribution < 1.29 is 23.8 Å². The zero-order valence-corrected chi connectivity index (χ0v) is 18.5. The van der Waals surface area contributed by atoms with Crippen molar-refractivity contribution in [1.82, 2.24) is 4.90 Å².